The van der Waals surface area contributed by atoms with Gasteiger partial charge in [-0.1, -0.05) is 6.07 Å². The molecule has 45 heavy (non-hydrogen) atoms. The molecule has 3 amide bonds. The standard InChI is InChI=1S/C26H12Cl2F11N3O3/c27-24(28)16(8-1-2-12(29)11(5-8)25(34,35)36)17(24)22(44)40-9-6-10(18(32)14(31)7-9)21(43)41-15-4-3-13(30)20(19(15)33)42-23(45)26(37,38)39/h1-7,16-17H,(H,40,44)(H,41,43)(H,42,45)/t16-,17+/m0/s1. The molecule has 0 aliphatic heterocycles. The first kappa shape index (κ1) is 33.8. The summed E-state index contributed by atoms with van der Waals surface area (Å²) in [5.41, 5.74) is -6.54. The lowest BCUT2D eigenvalue weighted by Gasteiger charge is -2.14. The minimum atomic E-state index is -5.55. The summed E-state index contributed by atoms with van der Waals surface area (Å²) in [6.07, 6.45) is -10.7. The van der Waals surface area contributed by atoms with Crippen LogP contribution >= 0.6 is 23.2 Å². The topological polar surface area (TPSA) is 87.3 Å². The van der Waals surface area contributed by atoms with E-state index in [0.29, 0.717) is 36.4 Å². The molecule has 19 heteroatoms. The zero-order valence-electron chi connectivity index (χ0n) is 21.3. The van der Waals surface area contributed by atoms with Crippen LogP contribution in [-0.2, 0) is 15.8 Å². The Bertz CT molecular complexity index is 1730. The maximum Gasteiger partial charge on any atom is 0.471 e. The molecular weight excluding hydrogens is 682 g/mol. The van der Waals surface area contributed by atoms with Gasteiger partial charge in [-0.2, -0.15) is 26.3 Å². The molecule has 1 fully saturated rings. The summed E-state index contributed by atoms with van der Waals surface area (Å²) < 4.78 is 146. The number of nitrogens with one attached hydrogen (secondary N) is 3. The van der Waals surface area contributed by atoms with E-state index in [1.807, 2.05) is 5.32 Å². The van der Waals surface area contributed by atoms with Crippen LogP contribution in [-0.4, -0.2) is 28.2 Å². The molecule has 0 radical (unpaired) electrons. The van der Waals surface area contributed by atoms with Gasteiger partial charge in [0.1, 0.15) is 21.7 Å². The average Bonchev–Trinajstić information content (AvgIpc) is 3.50. The number of alkyl halides is 8. The molecular formula is C26H12Cl2F11N3O3. The normalized spacial score (nSPS) is 17.4. The zero-order chi connectivity index (χ0) is 33.8. The molecule has 1 aliphatic carbocycles. The molecule has 6 nitrogen and oxygen atoms in total. The zero-order valence-corrected chi connectivity index (χ0v) is 22.8. The van der Waals surface area contributed by atoms with Crippen molar-refractivity contribution in [1.29, 1.82) is 0 Å². The lowest BCUT2D eigenvalue weighted by molar-refractivity contribution is -0.167. The lowest BCUT2D eigenvalue weighted by Crippen LogP contribution is -2.31. The third-order valence-corrected chi connectivity index (χ3v) is 7.31. The highest BCUT2D eigenvalue weighted by Crippen LogP contribution is 2.65. The van der Waals surface area contributed by atoms with Gasteiger partial charge >= 0.3 is 18.3 Å². The first-order valence-electron chi connectivity index (χ1n) is 11.9. The van der Waals surface area contributed by atoms with E-state index in [9.17, 15) is 62.7 Å². The average molecular weight is 694 g/mol. The Hall–Kier alpha value is -4.12. The fraction of sp³-hybridized carbons (Fsp3) is 0.192. The van der Waals surface area contributed by atoms with Gasteiger partial charge in [0.05, 0.1) is 22.7 Å². The van der Waals surface area contributed by atoms with Crippen LogP contribution in [0.2, 0.25) is 0 Å². The fourth-order valence-electron chi connectivity index (χ4n) is 4.21. The van der Waals surface area contributed by atoms with E-state index in [0.717, 1.165) is 11.4 Å². The summed E-state index contributed by atoms with van der Waals surface area (Å²) in [7, 11) is 0. The Labute approximate surface area is 253 Å². The monoisotopic (exact) mass is 693 g/mol. The molecule has 0 aromatic heterocycles. The van der Waals surface area contributed by atoms with Crippen molar-refractivity contribution in [3.05, 3.63) is 88.2 Å². The van der Waals surface area contributed by atoms with E-state index in [1.54, 1.807) is 5.32 Å². The molecule has 240 valence electrons. The van der Waals surface area contributed by atoms with Crippen LogP contribution < -0.4 is 16.0 Å². The van der Waals surface area contributed by atoms with E-state index in [1.165, 1.54) is 0 Å². The Kier molecular flexibility index (Phi) is 8.76. The number of hydrogen-bond donors (Lipinski definition) is 3. The smallest absolute Gasteiger partial charge is 0.326 e. The summed E-state index contributed by atoms with van der Waals surface area (Å²) >= 11 is 12.2. The molecule has 0 heterocycles. The van der Waals surface area contributed by atoms with E-state index in [-0.39, 0.29) is 5.56 Å². The SMILES string of the molecule is O=C(Nc1ccc(F)c(NC(=O)C(F)(F)F)c1F)c1cc(NC(=O)[C@H]2[C@H](c3ccc(F)c(C(F)(F)F)c3)C2(Cl)Cl)cc(F)c1F. The number of carbonyl (C=O) groups excluding carboxylic acids is 3. The van der Waals surface area contributed by atoms with Gasteiger partial charge in [-0.15, -0.1) is 23.2 Å². The Morgan fingerprint density at radius 3 is 1.96 bits per heavy atom. The number of anilines is 3. The molecule has 0 spiro atoms. The summed E-state index contributed by atoms with van der Waals surface area (Å²) in [4.78, 5) is 36.6. The molecule has 0 unspecified atom stereocenters. The van der Waals surface area contributed by atoms with Gasteiger partial charge in [0.25, 0.3) is 5.91 Å². The largest absolute Gasteiger partial charge is 0.471 e. The summed E-state index contributed by atoms with van der Waals surface area (Å²) in [6.45, 7) is 0. The maximum absolute atomic E-state index is 14.7. The number of rotatable bonds is 6. The van der Waals surface area contributed by atoms with Gasteiger partial charge in [0.15, 0.2) is 17.5 Å². The van der Waals surface area contributed by atoms with Crippen LogP contribution in [0.1, 0.15) is 27.4 Å². The van der Waals surface area contributed by atoms with Gasteiger partial charge in [-0.05, 0) is 35.9 Å². The molecule has 4 rings (SSSR count). The van der Waals surface area contributed by atoms with Gasteiger partial charge < -0.3 is 16.0 Å². The number of carbonyl (C=O) groups is 3. The second-order valence-corrected chi connectivity index (χ2v) is 10.8. The fourth-order valence-corrected chi connectivity index (χ4v) is 5.03. The molecule has 1 saturated carbocycles. The summed E-state index contributed by atoms with van der Waals surface area (Å²) in [6, 6.07) is 3.48. The van der Waals surface area contributed by atoms with Crippen molar-refractivity contribution in [2.75, 3.05) is 16.0 Å². The van der Waals surface area contributed by atoms with E-state index < -0.39 is 104 Å². The van der Waals surface area contributed by atoms with E-state index in [2.05, 4.69) is 0 Å². The van der Waals surface area contributed by atoms with Crippen molar-refractivity contribution in [2.45, 2.75) is 22.6 Å². The highest BCUT2D eigenvalue weighted by Gasteiger charge is 2.67. The van der Waals surface area contributed by atoms with Crippen LogP contribution in [0, 0.1) is 35.0 Å². The Morgan fingerprint density at radius 1 is 0.733 bits per heavy atom. The third kappa shape index (κ3) is 6.78. The number of benzene rings is 3. The quantitative estimate of drug-likeness (QED) is 0.183. The minimum Gasteiger partial charge on any atom is -0.326 e. The molecule has 2 atom stereocenters. The summed E-state index contributed by atoms with van der Waals surface area (Å²) in [5, 5.41) is 4.63. The van der Waals surface area contributed by atoms with Crippen LogP contribution in [0.5, 0.6) is 0 Å². The Morgan fingerprint density at radius 2 is 1.36 bits per heavy atom. The van der Waals surface area contributed by atoms with Crippen molar-refractivity contribution >= 4 is 58.0 Å². The van der Waals surface area contributed by atoms with Crippen LogP contribution in [0.25, 0.3) is 0 Å². The predicted molar refractivity (Wildman–Crippen MR) is 136 cm³/mol. The molecule has 3 aromatic rings. The van der Waals surface area contributed by atoms with Gasteiger partial charge in [0.2, 0.25) is 5.91 Å². The maximum atomic E-state index is 14.7. The second kappa shape index (κ2) is 11.7. The third-order valence-electron chi connectivity index (χ3n) is 6.37. The van der Waals surface area contributed by atoms with Crippen LogP contribution in [0.4, 0.5) is 65.4 Å². The predicted octanol–water partition coefficient (Wildman–Crippen LogP) is 7.68. The minimum absolute atomic E-state index is 0.286. The number of amides is 3. The van der Waals surface area contributed by atoms with Crippen LogP contribution in [0.15, 0.2) is 42.5 Å². The first-order valence-corrected chi connectivity index (χ1v) is 12.6. The van der Waals surface area contributed by atoms with Crippen molar-refractivity contribution in [3.63, 3.8) is 0 Å². The molecule has 3 aromatic carbocycles. The lowest BCUT2D eigenvalue weighted by atomic mass is 10.0. The molecule has 3 N–H and O–H groups in total. The van der Waals surface area contributed by atoms with E-state index in [4.69, 9.17) is 23.2 Å². The van der Waals surface area contributed by atoms with Crippen molar-refractivity contribution in [2.24, 2.45) is 5.92 Å². The Balaban J connectivity index is 1.57. The molecule has 0 saturated heterocycles. The van der Waals surface area contributed by atoms with Crippen molar-refractivity contribution in [3.8, 4) is 0 Å². The van der Waals surface area contributed by atoms with Crippen molar-refractivity contribution < 1.29 is 62.7 Å². The van der Waals surface area contributed by atoms with Gasteiger partial charge in [0, 0.05) is 17.7 Å². The number of halogens is 13. The van der Waals surface area contributed by atoms with Crippen molar-refractivity contribution in [1.82, 2.24) is 0 Å². The van der Waals surface area contributed by atoms with Gasteiger partial charge in [-0.3, -0.25) is 14.4 Å². The number of hydrogen-bond acceptors (Lipinski definition) is 3. The second-order valence-electron chi connectivity index (χ2n) is 9.37. The summed E-state index contributed by atoms with van der Waals surface area (Å²) in [5.74, 6) is -17.3. The highest BCUT2D eigenvalue weighted by molar-refractivity contribution is 6.53. The first-order chi connectivity index (χ1) is 20.6. The van der Waals surface area contributed by atoms with Gasteiger partial charge in [-0.25, -0.2) is 22.0 Å². The molecule has 1 aliphatic rings. The highest BCUT2D eigenvalue weighted by atomic mass is 35.5. The van der Waals surface area contributed by atoms with E-state index >= 15 is 0 Å². The molecule has 0 bridgehead atoms. The van der Waals surface area contributed by atoms with Crippen LogP contribution in [0.3, 0.4) is 0 Å².